The van der Waals surface area contributed by atoms with Crippen LogP contribution in [-0.4, -0.2) is 56.0 Å². The number of benzene rings is 2. The number of nitrogens with one attached hydrogen (secondary N) is 1. The number of ether oxygens (including phenoxy) is 1. The molecule has 0 bridgehead atoms. The number of Topliss-reactive ketones (excluding diaryl/α,β-unsaturated/α-hetero) is 1. The maximum atomic E-state index is 12.9. The fourth-order valence-corrected chi connectivity index (χ4v) is 3.62. The van der Waals surface area contributed by atoms with Crippen LogP contribution >= 0.6 is 0 Å². The molecular weight excluding hydrogens is 368 g/mol. The van der Waals surface area contributed by atoms with E-state index in [1.54, 1.807) is 29.2 Å². The second-order valence-corrected chi connectivity index (χ2v) is 7.45. The minimum atomic E-state index is -0.656. The number of carbonyl (C=O) groups is 2. The van der Waals surface area contributed by atoms with Crippen LogP contribution in [0.3, 0.4) is 0 Å². The van der Waals surface area contributed by atoms with Gasteiger partial charge in [0, 0.05) is 18.5 Å². The molecule has 1 aliphatic heterocycles. The largest absolute Gasteiger partial charge is 0.507 e. The lowest BCUT2D eigenvalue weighted by molar-refractivity contribution is -0.858. The van der Waals surface area contributed by atoms with Crippen LogP contribution in [0.25, 0.3) is 5.76 Å². The zero-order valence-corrected chi connectivity index (χ0v) is 17.0. The Morgan fingerprint density at radius 2 is 1.83 bits per heavy atom. The maximum absolute atomic E-state index is 12.9. The van der Waals surface area contributed by atoms with Crippen molar-refractivity contribution in [2.75, 3.05) is 34.3 Å². The predicted octanol–water partition coefficient (Wildman–Crippen LogP) is 1.65. The normalized spacial score (nSPS) is 18.5. The Morgan fingerprint density at radius 1 is 1.10 bits per heavy atom. The highest BCUT2D eigenvalue weighted by Gasteiger charge is 2.45. The molecule has 2 aromatic rings. The number of hydrogen-bond acceptors (Lipinski definition) is 4. The van der Waals surface area contributed by atoms with E-state index in [0.29, 0.717) is 17.9 Å². The van der Waals surface area contributed by atoms with Crippen LogP contribution in [0.1, 0.15) is 23.6 Å². The van der Waals surface area contributed by atoms with E-state index in [2.05, 4.69) is 0 Å². The highest BCUT2D eigenvalue weighted by Crippen LogP contribution is 2.39. The number of methoxy groups -OCH3 is 1. The fraction of sp³-hybridized carbons (Fsp3) is 0.304. The Kier molecular flexibility index (Phi) is 6.34. The molecule has 0 unspecified atom stereocenters. The topological polar surface area (TPSA) is 71.3 Å². The summed E-state index contributed by atoms with van der Waals surface area (Å²) in [5.41, 5.74) is 1.36. The van der Waals surface area contributed by atoms with E-state index in [1.807, 2.05) is 44.4 Å². The molecule has 6 heteroatoms. The molecule has 0 spiro atoms. The number of carbonyl (C=O) groups excluding carboxylic acids is 2. The lowest BCUT2D eigenvalue weighted by atomic mass is 9.95. The number of likely N-dealkylation sites (tertiary alicyclic amines) is 1. The van der Waals surface area contributed by atoms with E-state index in [0.717, 1.165) is 18.5 Å². The van der Waals surface area contributed by atoms with Gasteiger partial charge in [-0.15, -0.1) is 0 Å². The zero-order valence-electron chi connectivity index (χ0n) is 17.0. The molecule has 1 aliphatic rings. The van der Waals surface area contributed by atoms with Crippen LogP contribution in [0.5, 0.6) is 5.75 Å². The summed E-state index contributed by atoms with van der Waals surface area (Å²) in [7, 11) is 5.63. The third kappa shape index (κ3) is 4.32. The number of aliphatic hydroxyl groups excluding tert-OH is 1. The molecular formula is C23H27N2O4+. The minimum absolute atomic E-state index is 0.117. The molecule has 1 heterocycles. The van der Waals surface area contributed by atoms with Crippen LogP contribution in [-0.2, 0) is 9.59 Å². The Bertz CT molecular complexity index is 921. The van der Waals surface area contributed by atoms with Gasteiger partial charge in [-0.05, 0) is 17.7 Å². The molecule has 0 aromatic heterocycles. The first kappa shape index (κ1) is 20.6. The summed E-state index contributed by atoms with van der Waals surface area (Å²) in [4.78, 5) is 28.6. The lowest BCUT2D eigenvalue weighted by Gasteiger charge is -2.25. The van der Waals surface area contributed by atoms with Gasteiger partial charge in [0.25, 0.3) is 11.7 Å². The van der Waals surface area contributed by atoms with Crippen molar-refractivity contribution in [3.8, 4) is 5.75 Å². The van der Waals surface area contributed by atoms with Gasteiger partial charge in [-0.3, -0.25) is 9.59 Å². The van der Waals surface area contributed by atoms with E-state index >= 15 is 0 Å². The average Bonchev–Trinajstić information content (AvgIpc) is 2.98. The van der Waals surface area contributed by atoms with Crippen molar-refractivity contribution in [1.82, 2.24) is 4.90 Å². The third-order valence-corrected chi connectivity index (χ3v) is 5.07. The van der Waals surface area contributed by atoms with Gasteiger partial charge in [0.15, 0.2) is 0 Å². The summed E-state index contributed by atoms with van der Waals surface area (Å²) >= 11 is 0. The molecule has 152 valence electrons. The summed E-state index contributed by atoms with van der Waals surface area (Å²) < 4.78 is 5.23. The number of aliphatic hydroxyl groups is 1. The highest BCUT2D eigenvalue weighted by molar-refractivity contribution is 6.46. The number of nitrogens with zero attached hydrogens (tertiary/aromatic N) is 1. The van der Waals surface area contributed by atoms with Crippen LogP contribution < -0.4 is 9.64 Å². The number of amides is 1. The maximum Gasteiger partial charge on any atom is 0.295 e. The van der Waals surface area contributed by atoms with Crippen molar-refractivity contribution in [2.24, 2.45) is 0 Å². The summed E-state index contributed by atoms with van der Waals surface area (Å²) in [6.45, 7) is 1.32. The van der Waals surface area contributed by atoms with E-state index in [4.69, 9.17) is 4.74 Å². The van der Waals surface area contributed by atoms with Gasteiger partial charge < -0.3 is 19.6 Å². The summed E-state index contributed by atoms with van der Waals surface area (Å²) in [5.74, 6) is -0.848. The number of quaternary nitrogens is 1. The molecule has 29 heavy (non-hydrogen) atoms. The van der Waals surface area contributed by atoms with Crippen molar-refractivity contribution < 1.29 is 24.3 Å². The van der Waals surface area contributed by atoms with E-state index < -0.39 is 17.7 Å². The van der Waals surface area contributed by atoms with E-state index in [-0.39, 0.29) is 11.3 Å². The van der Waals surface area contributed by atoms with Crippen molar-refractivity contribution in [3.05, 3.63) is 71.3 Å². The highest BCUT2D eigenvalue weighted by atomic mass is 16.5. The molecule has 3 rings (SSSR count). The third-order valence-electron chi connectivity index (χ3n) is 5.07. The first-order chi connectivity index (χ1) is 13.9. The van der Waals surface area contributed by atoms with Crippen molar-refractivity contribution in [3.63, 3.8) is 0 Å². The van der Waals surface area contributed by atoms with Crippen LogP contribution in [0.15, 0.2) is 60.2 Å². The predicted molar refractivity (Wildman–Crippen MR) is 111 cm³/mol. The molecule has 1 atom stereocenters. The number of rotatable bonds is 7. The summed E-state index contributed by atoms with van der Waals surface area (Å²) in [6.07, 6.45) is 0.762. The first-order valence-corrected chi connectivity index (χ1v) is 9.71. The Hall–Kier alpha value is -3.12. The first-order valence-electron chi connectivity index (χ1n) is 9.71. The van der Waals surface area contributed by atoms with Crippen LogP contribution in [0.4, 0.5) is 0 Å². The van der Waals surface area contributed by atoms with Gasteiger partial charge in [-0.1, -0.05) is 42.5 Å². The van der Waals surface area contributed by atoms with Crippen molar-refractivity contribution in [1.29, 1.82) is 0 Å². The summed E-state index contributed by atoms with van der Waals surface area (Å²) in [5, 5.41) is 11.0. The molecule has 2 N–H and O–H groups in total. The van der Waals surface area contributed by atoms with Crippen molar-refractivity contribution in [2.45, 2.75) is 12.5 Å². The molecule has 2 aromatic carbocycles. The van der Waals surface area contributed by atoms with E-state index in [1.165, 1.54) is 12.0 Å². The number of hydrogen-bond donors (Lipinski definition) is 2. The van der Waals surface area contributed by atoms with Gasteiger partial charge in [-0.2, -0.15) is 0 Å². The van der Waals surface area contributed by atoms with E-state index in [9.17, 15) is 14.7 Å². The SMILES string of the molecule is COc1cccc(C(O)=C2C(=O)C(=O)N(CCC[NH+](C)C)[C@H]2c2ccccc2)c1. The average molecular weight is 395 g/mol. The van der Waals surface area contributed by atoms with Gasteiger partial charge in [-0.25, -0.2) is 0 Å². The van der Waals surface area contributed by atoms with Crippen LogP contribution in [0.2, 0.25) is 0 Å². The van der Waals surface area contributed by atoms with Gasteiger partial charge in [0.05, 0.1) is 39.4 Å². The van der Waals surface area contributed by atoms with Gasteiger partial charge >= 0.3 is 0 Å². The molecule has 1 saturated heterocycles. The zero-order chi connectivity index (χ0) is 21.0. The molecule has 0 radical (unpaired) electrons. The molecule has 0 aliphatic carbocycles. The Morgan fingerprint density at radius 3 is 2.48 bits per heavy atom. The quantitative estimate of drug-likeness (QED) is 0.425. The monoisotopic (exact) mass is 395 g/mol. The standard InChI is InChI=1S/C23H26N2O4/c1-24(2)13-8-14-25-20(16-9-5-4-6-10-16)19(22(27)23(25)28)21(26)17-11-7-12-18(15-17)29-3/h4-7,9-12,15,20,26H,8,13-14H2,1-3H3/p+1/t20-/m0/s1. The fourth-order valence-electron chi connectivity index (χ4n) is 3.62. The van der Waals surface area contributed by atoms with Gasteiger partial charge in [0.2, 0.25) is 0 Å². The second-order valence-electron chi connectivity index (χ2n) is 7.45. The molecule has 1 amide bonds. The molecule has 1 fully saturated rings. The van der Waals surface area contributed by atoms with Crippen molar-refractivity contribution >= 4 is 17.4 Å². The second kappa shape index (κ2) is 8.92. The van der Waals surface area contributed by atoms with Crippen LogP contribution in [0, 0.1) is 0 Å². The molecule has 0 saturated carbocycles. The van der Waals surface area contributed by atoms with Gasteiger partial charge in [0.1, 0.15) is 11.5 Å². The lowest BCUT2D eigenvalue weighted by Crippen LogP contribution is -3.05. The Labute approximate surface area is 171 Å². The number of ketones is 1. The minimum Gasteiger partial charge on any atom is -0.507 e. The summed E-state index contributed by atoms with van der Waals surface area (Å²) in [6, 6.07) is 15.6. The smallest absolute Gasteiger partial charge is 0.295 e. The Balaban J connectivity index is 2.07. The molecule has 6 nitrogen and oxygen atoms in total.